The van der Waals surface area contributed by atoms with E-state index in [0.717, 1.165) is 43.9 Å². The van der Waals surface area contributed by atoms with E-state index in [9.17, 15) is 45.7 Å². The van der Waals surface area contributed by atoms with E-state index in [1.165, 1.54) is 0 Å². The lowest BCUT2D eigenvalue weighted by atomic mass is 9.95. The molecule has 1 aliphatic rings. The summed E-state index contributed by atoms with van der Waals surface area (Å²) in [5.41, 5.74) is -3.75. The molecule has 1 aliphatic carbocycles. The van der Waals surface area contributed by atoms with Gasteiger partial charge in [-0.2, -0.15) is 10.5 Å². The van der Waals surface area contributed by atoms with E-state index in [4.69, 9.17) is 0 Å². The van der Waals surface area contributed by atoms with Gasteiger partial charge in [-0.25, -0.2) is 0 Å². The predicted octanol–water partition coefficient (Wildman–Crippen LogP) is 4.94. The normalized spacial score (nSPS) is 11.1. The Labute approximate surface area is 210 Å². The Kier molecular flexibility index (Phi) is 7.89. The lowest BCUT2D eigenvalue weighted by Gasteiger charge is -2.11. The van der Waals surface area contributed by atoms with Crippen molar-refractivity contribution in [2.24, 2.45) is 0 Å². The third-order valence-corrected chi connectivity index (χ3v) is 5.92. The number of nitriles is 2. The third kappa shape index (κ3) is 5.11. The van der Waals surface area contributed by atoms with Crippen LogP contribution in [-0.4, -0.2) is 27.2 Å². The molecule has 0 bridgehead atoms. The number of nitrogens with one attached hydrogen (secondary N) is 1. The molecule has 0 heterocycles. The highest BCUT2D eigenvalue weighted by molar-refractivity contribution is 6.14. The Balaban J connectivity index is 2.31. The first-order chi connectivity index (χ1) is 17.7. The van der Waals surface area contributed by atoms with Crippen LogP contribution in [0.2, 0.25) is 0 Å². The van der Waals surface area contributed by atoms with Crippen molar-refractivity contribution in [1.82, 2.24) is 5.32 Å². The number of nitro groups is 3. The minimum atomic E-state index is -0.881. The molecule has 0 saturated carbocycles. The number of carbonyl (C=O) groups excluding carboxylic acids is 1. The first-order valence-corrected chi connectivity index (χ1v) is 11.3. The molecule has 0 fully saturated rings. The number of allylic oxidation sites excluding steroid dienone is 1. The number of unbranched alkanes of at least 4 members (excludes halogenated alkanes) is 4. The summed E-state index contributed by atoms with van der Waals surface area (Å²) in [6.45, 7) is 2.31. The van der Waals surface area contributed by atoms with Gasteiger partial charge >= 0.3 is 0 Å². The fourth-order valence-electron chi connectivity index (χ4n) is 4.28. The van der Waals surface area contributed by atoms with Crippen LogP contribution >= 0.6 is 0 Å². The molecule has 0 aromatic heterocycles. The predicted molar refractivity (Wildman–Crippen MR) is 130 cm³/mol. The summed E-state index contributed by atoms with van der Waals surface area (Å²) >= 11 is 0. The molecule has 2 aromatic carbocycles. The van der Waals surface area contributed by atoms with Crippen molar-refractivity contribution >= 4 is 28.5 Å². The van der Waals surface area contributed by atoms with Crippen molar-refractivity contribution in [2.45, 2.75) is 39.0 Å². The zero-order valence-corrected chi connectivity index (χ0v) is 19.6. The number of nitrogens with zero attached hydrogens (tertiary/aromatic N) is 5. The van der Waals surface area contributed by atoms with Gasteiger partial charge in [-0.15, -0.1) is 0 Å². The Bertz CT molecular complexity index is 1430. The van der Waals surface area contributed by atoms with Crippen LogP contribution in [0.15, 0.2) is 29.8 Å². The van der Waals surface area contributed by atoms with Crippen molar-refractivity contribution in [3.05, 3.63) is 76.9 Å². The van der Waals surface area contributed by atoms with Crippen molar-refractivity contribution in [1.29, 1.82) is 10.5 Å². The van der Waals surface area contributed by atoms with Crippen LogP contribution in [0.4, 0.5) is 17.1 Å². The maximum atomic E-state index is 13.2. The average Bonchev–Trinajstić information content (AvgIpc) is 3.19. The van der Waals surface area contributed by atoms with E-state index in [2.05, 4.69) is 12.2 Å². The van der Waals surface area contributed by atoms with Gasteiger partial charge in [0.1, 0.15) is 17.7 Å². The van der Waals surface area contributed by atoms with E-state index < -0.39 is 43.3 Å². The first kappa shape index (κ1) is 26.4. The molecular formula is C24H20N6O7. The van der Waals surface area contributed by atoms with E-state index in [0.29, 0.717) is 12.5 Å². The molecule has 13 heteroatoms. The summed E-state index contributed by atoms with van der Waals surface area (Å²) in [4.78, 5) is 45.8. The average molecular weight is 504 g/mol. The van der Waals surface area contributed by atoms with Gasteiger partial charge in [-0.3, -0.25) is 35.1 Å². The minimum Gasteiger partial charge on any atom is -0.352 e. The van der Waals surface area contributed by atoms with Gasteiger partial charge in [0.2, 0.25) is 0 Å². The van der Waals surface area contributed by atoms with Crippen LogP contribution < -0.4 is 5.32 Å². The standard InChI is InChI=1S/C24H20N6O7/c1-2-3-4-5-6-7-27-24(31)19-10-15(28(32)33)8-17-21(14(12-25)13-26)18-9-16(29(34)35)11-20(30(36)37)23(18)22(17)19/h8-11H,2-7H2,1H3,(H,27,31). The number of fused-ring (bicyclic) bond motifs is 3. The molecule has 0 atom stereocenters. The fraction of sp³-hybridized carbons (Fsp3) is 0.292. The highest BCUT2D eigenvalue weighted by Crippen LogP contribution is 2.53. The number of non-ortho nitro benzene ring substituents is 2. The van der Waals surface area contributed by atoms with Crippen molar-refractivity contribution in [3.8, 4) is 23.3 Å². The summed E-state index contributed by atoms with van der Waals surface area (Å²) in [5.74, 6) is -0.745. The Morgan fingerprint density at radius 1 is 0.838 bits per heavy atom. The molecule has 0 aliphatic heterocycles. The van der Waals surface area contributed by atoms with Gasteiger partial charge in [0, 0.05) is 47.0 Å². The molecule has 0 radical (unpaired) electrons. The second kappa shape index (κ2) is 11.0. The van der Waals surface area contributed by atoms with E-state index in [-0.39, 0.29) is 39.9 Å². The maximum absolute atomic E-state index is 13.2. The summed E-state index contributed by atoms with van der Waals surface area (Å²) in [7, 11) is 0. The van der Waals surface area contributed by atoms with Crippen LogP contribution in [0.1, 0.15) is 60.5 Å². The number of hydrogen-bond acceptors (Lipinski definition) is 9. The topological polar surface area (TPSA) is 206 Å². The molecule has 13 nitrogen and oxygen atoms in total. The SMILES string of the molecule is CCCCCCCNC(=O)c1cc([N+](=O)[O-])cc2c1-c1c(cc([N+](=O)[O-])cc1[N+](=O)[O-])C2=C(C#N)C#N. The molecule has 0 unspecified atom stereocenters. The zero-order chi connectivity index (χ0) is 27.3. The number of carbonyl (C=O) groups is 1. The van der Waals surface area contributed by atoms with Crippen LogP contribution in [0.5, 0.6) is 0 Å². The van der Waals surface area contributed by atoms with Gasteiger partial charge in [0.25, 0.3) is 23.0 Å². The molecule has 37 heavy (non-hydrogen) atoms. The molecule has 2 aromatic rings. The molecule has 0 saturated heterocycles. The van der Waals surface area contributed by atoms with Gasteiger partial charge in [-0.05, 0) is 6.42 Å². The molecule has 3 rings (SSSR count). The quantitative estimate of drug-likeness (QED) is 0.171. The number of amides is 1. The lowest BCUT2D eigenvalue weighted by molar-refractivity contribution is -0.393. The van der Waals surface area contributed by atoms with Gasteiger partial charge in [0.15, 0.2) is 0 Å². The second-order valence-electron chi connectivity index (χ2n) is 8.22. The first-order valence-electron chi connectivity index (χ1n) is 11.3. The monoisotopic (exact) mass is 504 g/mol. The van der Waals surface area contributed by atoms with E-state index in [1.54, 1.807) is 12.1 Å². The smallest absolute Gasteiger partial charge is 0.284 e. The fourth-order valence-corrected chi connectivity index (χ4v) is 4.28. The summed E-state index contributed by atoms with van der Waals surface area (Å²) in [6, 6.07) is 6.89. The summed E-state index contributed by atoms with van der Waals surface area (Å²) in [5, 5.41) is 56.9. The minimum absolute atomic E-state index is 0.108. The Morgan fingerprint density at radius 3 is 1.95 bits per heavy atom. The van der Waals surface area contributed by atoms with E-state index in [1.807, 2.05) is 0 Å². The zero-order valence-electron chi connectivity index (χ0n) is 19.6. The molecular weight excluding hydrogens is 484 g/mol. The van der Waals surface area contributed by atoms with Crippen LogP contribution in [-0.2, 0) is 0 Å². The number of hydrogen-bond donors (Lipinski definition) is 1. The van der Waals surface area contributed by atoms with Crippen LogP contribution in [0, 0.1) is 53.0 Å². The lowest BCUT2D eigenvalue weighted by Crippen LogP contribution is -2.25. The van der Waals surface area contributed by atoms with Gasteiger partial charge in [0.05, 0.1) is 32.0 Å². The largest absolute Gasteiger partial charge is 0.352 e. The van der Waals surface area contributed by atoms with Crippen molar-refractivity contribution < 1.29 is 19.6 Å². The number of nitro benzene ring substituents is 3. The molecule has 1 amide bonds. The van der Waals surface area contributed by atoms with Crippen LogP contribution in [0.25, 0.3) is 16.7 Å². The number of benzene rings is 2. The van der Waals surface area contributed by atoms with Crippen molar-refractivity contribution in [2.75, 3.05) is 6.54 Å². The second-order valence-corrected chi connectivity index (χ2v) is 8.22. The van der Waals surface area contributed by atoms with Crippen molar-refractivity contribution in [3.63, 3.8) is 0 Å². The van der Waals surface area contributed by atoms with Crippen LogP contribution in [0.3, 0.4) is 0 Å². The number of rotatable bonds is 10. The van der Waals surface area contributed by atoms with E-state index >= 15 is 0 Å². The molecule has 0 spiro atoms. The molecule has 1 N–H and O–H groups in total. The highest BCUT2D eigenvalue weighted by atomic mass is 16.6. The van der Waals surface area contributed by atoms with Gasteiger partial charge in [-0.1, -0.05) is 32.6 Å². The summed E-state index contributed by atoms with van der Waals surface area (Å²) < 4.78 is 0. The maximum Gasteiger partial charge on any atom is 0.284 e. The third-order valence-electron chi connectivity index (χ3n) is 5.92. The highest BCUT2D eigenvalue weighted by Gasteiger charge is 2.39. The summed E-state index contributed by atoms with van der Waals surface area (Å²) in [6.07, 6.45) is 4.53. The van der Waals surface area contributed by atoms with Gasteiger partial charge < -0.3 is 5.32 Å². The Morgan fingerprint density at radius 2 is 1.41 bits per heavy atom. The Hall–Kier alpha value is -5.17. The molecule has 188 valence electrons.